The largest absolute Gasteiger partial charge is 0.439 e. The number of aromatic nitrogens is 1. The fourth-order valence-electron chi connectivity index (χ4n) is 1.70. The van der Waals surface area contributed by atoms with Crippen molar-refractivity contribution in [3.05, 3.63) is 52.7 Å². The van der Waals surface area contributed by atoms with Gasteiger partial charge in [-0.3, -0.25) is 0 Å². The van der Waals surface area contributed by atoms with Crippen molar-refractivity contribution in [3.8, 4) is 17.7 Å². The highest BCUT2D eigenvalue weighted by atomic mass is 16.5. The minimum Gasteiger partial charge on any atom is -0.439 e. The molecule has 1 aromatic heterocycles. The number of hydrogen-bond acceptors (Lipinski definition) is 3. The van der Waals surface area contributed by atoms with Crippen molar-refractivity contribution in [1.29, 1.82) is 5.26 Å². The maximum absolute atomic E-state index is 8.92. The zero-order chi connectivity index (χ0) is 13.1. The van der Waals surface area contributed by atoms with Crippen LogP contribution < -0.4 is 4.74 Å². The molecule has 0 spiro atoms. The van der Waals surface area contributed by atoms with Gasteiger partial charge in [-0.2, -0.15) is 5.26 Å². The quantitative estimate of drug-likeness (QED) is 0.801. The number of pyridine rings is 1. The van der Waals surface area contributed by atoms with Crippen molar-refractivity contribution in [1.82, 2.24) is 4.98 Å². The summed E-state index contributed by atoms with van der Waals surface area (Å²) >= 11 is 0. The Labute approximate surface area is 107 Å². The molecule has 18 heavy (non-hydrogen) atoms. The summed E-state index contributed by atoms with van der Waals surface area (Å²) in [5.41, 5.74) is 3.58. The molecule has 3 heteroatoms. The van der Waals surface area contributed by atoms with Gasteiger partial charge in [0.25, 0.3) is 0 Å². The summed E-state index contributed by atoms with van der Waals surface area (Å²) in [4.78, 5) is 4.27. The Kier molecular flexibility index (Phi) is 3.29. The van der Waals surface area contributed by atoms with E-state index in [4.69, 9.17) is 10.00 Å². The summed E-state index contributed by atoms with van der Waals surface area (Å²) in [7, 11) is 0. The van der Waals surface area contributed by atoms with Crippen molar-refractivity contribution >= 4 is 0 Å². The van der Waals surface area contributed by atoms with Crippen LogP contribution in [0.2, 0.25) is 0 Å². The van der Waals surface area contributed by atoms with Gasteiger partial charge >= 0.3 is 0 Å². The number of ether oxygens (including phenoxy) is 1. The summed E-state index contributed by atoms with van der Waals surface area (Å²) in [5.74, 6) is 1.23. The third-order valence-corrected chi connectivity index (χ3v) is 2.83. The highest BCUT2D eigenvalue weighted by Crippen LogP contribution is 2.26. The van der Waals surface area contributed by atoms with E-state index >= 15 is 0 Å². The molecule has 3 nitrogen and oxygen atoms in total. The fourth-order valence-corrected chi connectivity index (χ4v) is 1.70. The summed E-state index contributed by atoms with van der Waals surface area (Å²) in [6, 6.07) is 11.4. The van der Waals surface area contributed by atoms with E-state index < -0.39 is 0 Å². The molecule has 90 valence electrons. The Morgan fingerprint density at radius 2 is 1.94 bits per heavy atom. The van der Waals surface area contributed by atoms with Gasteiger partial charge in [0, 0.05) is 11.8 Å². The molecule has 1 aromatic carbocycles. The number of nitrogens with zero attached hydrogens (tertiary/aromatic N) is 2. The van der Waals surface area contributed by atoms with E-state index in [0.29, 0.717) is 11.4 Å². The van der Waals surface area contributed by atoms with E-state index in [-0.39, 0.29) is 0 Å². The molecule has 0 saturated carbocycles. The number of hydrogen-bond donors (Lipinski definition) is 0. The van der Waals surface area contributed by atoms with Gasteiger partial charge in [-0.15, -0.1) is 0 Å². The second-order valence-electron chi connectivity index (χ2n) is 4.25. The molecule has 2 rings (SSSR count). The van der Waals surface area contributed by atoms with Gasteiger partial charge < -0.3 is 4.74 Å². The first kappa shape index (κ1) is 12.1. The third-order valence-electron chi connectivity index (χ3n) is 2.83. The van der Waals surface area contributed by atoms with Gasteiger partial charge in [0.2, 0.25) is 5.88 Å². The van der Waals surface area contributed by atoms with Gasteiger partial charge in [0.15, 0.2) is 0 Å². The van der Waals surface area contributed by atoms with E-state index in [0.717, 1.165) is 17.0 Å². The van der Waals surface area contributed by atoms with Crippen molar-refractivity contribution in [2.75, 3.05) is 0 Å². The highest BCUT2D eigenvalue weighted by molar-refractivity contribution is 5.42. The van der Waals surface area contributed by atoms with E-state index in [1.54, 1.807) is 12.1 Å². The van der Waals surface area contributed by atoms with Crippen molar-refractivity contribution < 1.29 is 4.74 Å². The molecule has 0 N–H and O–H groups in total. The molecular formula is C15H14N2O. The van der Waals surface area contributed by atoms with Crippen LogP contribution >= 0.6 is 0 Å². The normalized spacial score (nSPS) is 9.89. The van der Waals surface area contributed by atoms with Crippen LogP contribution in [0.3, 0.4) is 0 Å². The predicted molar refractivity (Wildman–Crippen MR) is 69.7 cm³/mol. The van der Waals surface area contributed by atoms with Crippen molar-refractivity contribution in [2.45, 2.75) is 20.8 Å². The Hall–Kier alpha value is -2.34. The van der Waals surface area contributed by atoms with E-state index in [2.05, 4.69) is 11.1 Å². The zero-order valence-electron chi connectivity index (χ0n) is 10.7. The molecule has 0 amide bonds. The minimum atomic E-state index is 0.459. The number of aryl methyl sites for hydroxylation is 2. The van der Waals surface area contributed by atoms with Crippen molar-refractivity contribution in [2.24, 2.45) is 0 Å². The maximum atomic E-state index is 8.92. The van der Waals surface area contributed by atoms with Gasteiger partial charge in [-0.1, -0.05) is 12.1 Å². The molecule has 0 bridgehead atoms. The first-order valence-electron chi connectivity index (χ1n) is 5.73. The Morgan fingerprint density at radius 3 is 2.67 bits per heavy atom. The maximum Gasteiger partial charge on any atom is 0.220 e. The zero-order valence-corrected chi connectivity index (χ0v) is 10.7. The lowest BCUT2D eigenvalue weighted by atomic mass is 10.1. The first-order valence-corrected chi connectivity index (χ1v) is 5.73. The van der Waals surface area contributed by atoms with Crippen LogP contribution in [0, 0.1) is 32.1 Å². The van der Waals surface area contributed by atoms with Crippen LogP contribution in [-0.2, 0) is 0 Å². The Bertz CT molecular complexity index is 627. The lowest BCUT2D eigenvalue weighted by Gasteiger charge is -2.10. The standard InChI is InChI=1S/C15H14N2O/c1-10-5-4-6-14(12(10)3)18-15-8-13(9-16)7-11(2)17-15/h4-8H,1-3H3. The third kappa shape index (κ3) is 2.49. The smallest absolute Gasteiger partial charge is 0.220 e. The van der Waals surface area contributed by atoms with Crippen molar-refractivity contribution in [3.63, 3.8) is 0 Å². The van der Waals surface area contributed by atoms with Gasteiger partial charge in [-0.05, 0) is 44.0 Å². The van der Waals surface area contributed by atoms with Crippen LogP contribution in [0.25, 0.3) is 0 Å². The first-order chi connectivity index (χ1) is 8.60. The molecule has 0 aliphatic heterocycles. The average molecular weight is 238 g/mol. The summed E-state index contributed by atoms with van der Waals surface area (Å²) in [6.07, 6.45) is 0. The number of nitriles is 1. The summed E-state index contributed by atoms with van der Waals surface area (Å²) in [5, 5.41) is 8.92. The Morgan fingerprint density at radius 1 is 1.17 bits per heavy atom. The van der Waals surface area contributed by atoms with Crippen LogP contribution in [0.5, 0.6) is 11.6 Å². The van der Waals surface area contributed by atoms with Gasteiger partial charge in [0.1, 0.15) is 5.75 Å². The Balaban J connectivity index is 2.37. The molecule has 0 aliphatic carbocycles. The molecule has 1 heterocycles. The topological polar surface area (TPSA) is 45.9 Å². The minimum absolute atomic E-state index is 0.459. The average Bonchev–Trinajstić information content (AvgIpc) is 2.34. The lowest BCUT2D eigenvalue weighted by molar-refractivity contribution is 0.457. The van der Waals surface area contributed by atoms with E-state index in [1.165, 1.54) is 5.56 Å². The predicted octanol–water partition coefficient (Wildman–Crippen LogP) is 3.67. The number of benzene rings is 1. The molecule has 0 fully saturated rings. The monoisotopic (exact) mass is 238 g/mol. The molecule has 0 unspecified atom stereocenters. The van der Waals surface area contributed by atoms with E-state index in [1.807, 2.05) is 39.0 Å². The molecule has 0 atom stereocenters. The van der Waals surface area contributed by atoms with Crippen LogP contribution in [-0.4, -0.2) is 4.98 Å². The summed E-state index contributed by atoms with van der Waals surface area (Å²) in [6.45, 7) is 5.88. The molecule has 2 aromatic rings. The van der Waals surface area contributed by atoms with Crippen LogP contribution in [0.4, 0.5) is 0 Å². The SMILES string of the molecule is Cc1cc(C#N)cc(Oc2cccc(C)c2C)n1. The van der Waals surface area contributed by atoms with E-state index in [9.17, 15) is 0 Å². The highest BCUT2D eigenvalue weighted by Gasteiger charge is 2.06. The van der Waals surface area contributed by atoms with Gasteiger partial charge in [0.05, 0.1) is 11.6 Å². The molecule has 0 radical (unpaired) electrons. The number of rotatable bonds is 2. The second kappa shape index (κ2) is 4.89. The lowest BCUT2D eigenvalue weighted by Crippen LogP contribution is -1.94. The molecule has 0 aliphatic rings. The van der Waals surface area contributed by atoms with Gasteiger partial charge in [-0.25, -0.2) is 4.98 Å². The fraction of sp³-hybridized carbons (Fsp3) is 0.200. The summed E-state index contributed by atoms with van der Waals surface area (Å²) < 4.78 is 5.75. The van der Waals surface area contributed by atoms with Crippen LogP contribution in [0.1, 0.15) is 22.4 Å². The molecular weight excluding hydrogens is 224 g/mol. The van der Waals surface area contributed by atoms with Crippen LogP contribution in [0.15, 0.2) is 30.3 Å². The second-order valence-corrected chi connectivity index (χ2v) is 4.25. The molecule has 0 saturated heterocycles.